The molecule has 0 unspecified atom stereocenters. The summed E-state index contributed by atoms with van der Waals surface area (Å²) in [7, 11) is 0. The van der Waals surface area contributed by atoms with Gasteiger partial charge in [-0.3, -0.25) is 10.1 Å². The molecular formula is C16H19ClFN7OS. The number of nitrogens with zero attached hydrogens (tertiary/aromatic N) is 3. The number of nitrogens with one attached hydrogen (secondary N) is 2. The van der Waals surface area contributed by atoms with Crippen LogP contribution in [-0.4, -0.2) is 34.4 Å². The van der Waals surface area contributed by atoms with Gasteiger partial charge in [0, 0.05) is 29.4 Å². The Morgan fingerprint density at radius 1 is 1.44 bits per heavy atom. The van der Waals surface area contributed by atoms with Crippen LogP contribution in [0.1, 0.15) is 5.56 Å². The van der Waals surface area contributed by atoms with E-state index in [0.717, 1.165) is 16.8 Å². The molecular weight excluding hydrogens is 393 g/mol. The van der Waals surface area contributed by atoms with Gasteiger partial charge in [-0.25, -0.2) is 9.37 Å². The Balaban J connectivity index is 2.11. The Morgan fingerprint density at radius 2 is 2.26 bits per heavy atom. The summed E-state index contributed by atoms with van der Waals surface area (Å²) in [5.41, 5.74) is 6.38. The molecule has 0 saturated heterocycles. The molecule has 11 heteroatoms. The highest BCUT2D eigenvalue weighted by molar-refractivity contribution is 7.97. The largest absolute Gasteiger partial charge is 0.403 e. The third-order valence-electron chi connectivity index (χ3n) is 3.24. The zero-order valence-corrected chi connectivity index (χ0v) is 15.8. The number of hydrogen-bond acceptors (Lipinski definition) is 9. The Morgan fingerprint density at radius 3 is 2.96 bits per heavy atom. The van der Waals surface area contributed by atoms with Crippen LogP contribution in [0.4, 0.5) is 16.2 Å². The molecule has 2 aromatic rings. The summed E-state index contributed by atoms with van der Waals surface area (Å²) in [6, 6.07) is 4.60. The summed E-state index contributed by atoms with van der Waals surface area (Å²) >= 11 is 7.14. The van der Waals surface area contributed by atoms with Crippen LogP contribution in [0.5, 0.6) is 0 Å². The zero-order chi connectivity index (χ0) is 19.6. The number of benzene rings is 1. The van der Waals surface area contributed by atoms with E-state index in [0.29, 0.717) is 17.1 Å². The first-order valence-electron chi connectivity index (χ1n) is 7.78. The maximum Gasteiger partial charge on any atom is 0.229 e. The first-order valence-corrected chi connectivity index (χ1v) is 9.04. The second-order valence-corrected chi connectivity index (χ2v) is 6.23. The highest BCUT2D eigenvalue weighted by Crippen LogP contribution is 2.22. The fraction of sp³-hybridized carbons (Fsp3) is 0.188. The lowest BCUT2D eigenvalue weighted by Gasteiger charge is -2.11. The maximum atomic E-state index is 13.9. The summed E-state index contributed by atoms with van der Waals surface area (Å²) in [6.45, 7) is 0.341. The number of aliphatic hydroxyl groups is 1. The maximum absolute atomic E-state index is 13.9. The average Bonchev–Trinajstić information content (AvgIpc) is 2.68. The van der Waals surface area contributed by atoms with Crippen LogP contribution in [0.2, 0.25) is 5.02 Å². The van der Waals surface area contributed by atoms with Gasteiger partial charge in [0.2, 0.25) is 5.95 Å². The van der Waals surface area contributed by atoms with Crippen molar-refractivity contribution in [2.24, 2.45) is 15.9 Å². The van der Waals surface area contributed by atoms with Crippen LogP contribution in [0.15, 0.2) is 46.2 Å². The number of hydrogen-bond donors (Lipinski definition) is 5. The van der Waals surface area contributed by atoms with Gasteiger partial charge in [-0.2, -0.15) is 4.98 Å². The summed E-state index contributed by atoms with van der Waals surface area (Å²) < 4.78 is 13.9. The second kappa shape index (κ2) is 10.7. The highest BCUT2D eigenvalue weighted by atomic mass is 35.5. The van der Waals surface area contributed by atoms with E-state index in [9.17, 15) is 4.39 Å². The molecule has 2 rings (SSSR count). The molecule has 0 aliphatic heterocycles. The molecule has 1 heterocycles. The predicted molar refractivity (Wildman–Crippen MR) is 107 cm³/mol. The van der Waals surface area contributed by atoms with Crippen molar-refractivity contribution < 1.29 is 9.50 Å². The molecule has 0 fully saturated rings. The van der Waals surface area contributed by atoms with Crippen molar-refractivity contribution in [2.45, 2.75) is 11.4 Å². The summed E-state index contributed by atoms with van der Waals surface area (Å²) in [5, 5.41) is 20.4. The third kappa shape index (κ3) is 6.36. The molecule has 144 valence electrons. The molecule has 1 aromatic heterocycles. The fourth-order valence-electron chi connectivity index (χ4n) is 1.96. The summed E-state index contributed by atoms with van der Waals surface area (Å²) in [6.07, 6.45) is 4.14. The van der Waals surface area contributed by atoms with E-state index in [1.807, 2.05) is 0 Å². The zero-order valence-electron chi connectivity index (χ0n) is 14.2. The highest BCUT2D eigenvalue weighted by Gasteiger charge is 2.09. The lowest BCUT2D eigenvalue weighted by molar-refractivity contribution is 0.307. The molecule has 0 saturated carbocycles. The Kier molecular flexibility index (Phi) is 8.27. The van der Waals surface area contributed by atoms with Crippen LogP contribution in [0.25, 0.3) is 0 Å². The molecule has 1 aromatic carbocycles. The van der Waals surface area contributed by atoms with Crippen molar-refractivity contribution in [3.63, 3.8) is 0 Å². The quantitative estimate of drug-likeness (QED) is 0.313. The van der Waals surface area contributed by atoms with Gasteiger partial charge >= 0.3 is 0 Å². The topological polar surface area (TPSA) is 134 Å². The van der Waals surface area contributed by atoms with Crippen LogP contribution < -0.4 is 21.5 Å². The lowest BCUT2D eigenvalue weighted by Crippen LogP contribution is -2.10. The van der Waals surface area contributed by atoms with Gasteiger partial charge in [-0.05, 0) is 30.1 Å². The SMILES string of the molecule is N/C=C(\C=NCCO)Nc1ncc(Cl)c(NCc2cc(SN)ccc2F)n1. The number of allylic oxidation sites excluding steroid dienone is 1. The molecule has 7 N–H and O–H groups in total. The second-order valence-electron chi connectivity index (χ2n) is 5.12. The van der Waals surface area contributed by atoms with Crippen molar-refractivity contribution in [1.82, 2.24) is 9.97 Å². The minimum Gasteiger partial charge on any atom is -0.403 e. The van der Waals surface area contributed by atoms with Gasteiger partial charge in [0.1, 0.15) is 10.8 Å². The van der Waals surface area contributed by atoms with Crippen LogP contribution in [-0.2, 0) is 6.54 Å². The lowest BCUT2D eigenvalue weighted by atomic mass is 10.2. The van der Waals surface area contributed by atoms with Crippen LogP contribution >= 0.6 is 23.5 Å². The van der Waals surface area contributed by atoms with Crippen molar-refractivity contribution in [3.8, 4) is 0 Å². The van der Waals surface area contributed by atoms with Crippen LogP contribution in [0.3, 0.4) is 0 Å². The van der Waals surface area contributed by atoms with Gasteiger partial charge in [0.25, 0.3) is 0 Å². The predicted octanol–water partition coefficient (Wildman–Crippen LogP) is 2.12. The Labute approximate surface area is 165 Å². The van der Waals surface area contributed by atoms with E-state index in [1.54, 1.807) is 12.1 Å². The molecule has 0 atom stereocenters. The number of aliphatic hydroxyl groups excluding tert-OH is 1. The molecule has 0 aliphatic rings. The van der Waals surface area contributed by atoms with Crippen molar-refractivity contribution in [2.75, 3.05) is 23.8 Å². The van der Waals surface area contributed by atoms with E-state index in [4.69, 9.17) is 27.6 Å². The minimum atomic E-state index is -0.364. The monoisotopic (exact) mass is 411 g/mol. The first kappa shape index (κ1) is 20.9. The van der Waals surface area contributed by atoms with Gasteiger partial charge in [0.15, 0.2) is 5.82 Å². The number of nitrogens with two attached hydrogens (primary N) is 2. The van der Waals surface area contributed by atoms with Crippen molar-refractivity contribution in [1.29, 1.82) is 0 Å². The smallest absolute Gasteiger partial charge is 0.229 e. The molecule has 8 nitrogen and oxygen atoms in total. The van der Waals surface area contributed by atoms with E-state index in [1.165, 1.54) is 24.7 Å². The normalized spacial score (nSPS) is 11.8. The molecule has 0 spiro atoms. The summed E-state index contributed by atoms with van der Waals surface area (Å²) in [5.74, 6) is 0.182. The minimum absolute atomic E-state index is 0.0692. The van der Waals surface area contributed by atoms with E-state index in [-0.39, 0.29) is 36.5 Å². The molecule has 0 bridgehead atoms. The third-order valence-corrected chi connectivity index (χ3v) is 4.04. The number of aliphatic imine (C=N–C) groups is 1. The summed E-state index contributed by atoms with van der Waals surface area (Å²) in [4.78, 5) is 13.0. The van der Waals surface area contributed by atoms with Crippen molar-refractivity contribution >= 4 is 41.5 Å². The molecule has 0 aliphatic carbocycles. The van der Waals surface area contributed by atoms with E-state index in [2.05, 4.69) is 25.6 Å². The number of aromatic nitrogens is 2. The van der Waals surface area contributed by atoms with Gasteiger partial charge < -0.3 is 21.5 Å². The van der Waals surface area contributed by atoms with Gasteiger partial charge in [-0.15, -0.1) is 0 Å². The molecule has 0 radical (unpaired) electrons. The Bertz CT molecular complexity index is 834. The van der Waals surface area contributed by atoms with Crippen molar-refractivity contribution in [3.05, 3.63) is 52.7 Å². The fourth-order valence-corrected chi connectivity index (χ4v) is 2.47. The first-order chi connectivity index (χ1) is 13.1. The van der Waals surface area contributed by atoms with Gasteiger partial charge in [0.05, 0.1) is 25.0 Å². The molecule has 27 heavy (non-hydrogen) atoms. The van der Waals surface area contributed by atoms with Crippen LogP contribution in [0, 0.1) is 5.82 Å². The average molecular weight is 412 g/mol. The standard InChI is InChI=1S/C16H19ClFN7OS/c17-13-9-23-16(24-11(6-19)8-21-3-4-26)25-15(13)22-7-10-5-12(27-20)1-2-14(10)18/h1-2,5-6,8-9,26H,3-4,7,19-20H2,(H2,22,23,24,25)/b11-6+,21-8?. The number of anilines is 2. The van der Waals surface area contributed by atoms with E-state index < -0.39 is 0 Å². The van der Waals surface area contributed by atoms with E-state index >= 15 is 0 Å². The Hall–Kier alpha value is -2.40. The molecule has 0 amide bonds. The number of halogens is 2. The van der Waals surface area contributed by atoms with Gasteiger partial charge in [-0.1, -0.05) is 11.6 Å². The number of rotatable bonds is 9.